The van der Waals surface area contributed by atoms with Crippen LogP contribution in [0.15, 0.2) is 11.4 Å². The first-order valence-electron chi connectivity index (χ1n) is 7.01. The molecule has 0 saturated carbocycles. The van der Waals surface area contributed by atoms with Gasteiger partial charge in [-0.2, -0.15) is 4.98 Å². The number of rotatable bonds is 7. The summed E-state index contributed by atoms with van der Waals surface area (Å²) in [4.78, 5) is 11.9. The number of anilines is 2. The van der Waals surface area contributed by atoms with Gasteiger partial charge in [0.15, 0.2) is 0 Å². The van der Waals surface area contributed by atoms with E-state index < -0.39 is 5.60 Å². The van der Waals surface area contributed by atoms with Crippen molar-refractivity contribution in [2.45, 2.75) is 19.4 Å². The molecule has 0 fully saturated rings. The van der Waals surface area contributed by atoms with Crippen LogP contribution in [-0.4, -0.2) is 59.3 Å². The molecule has 0 radical (unpaired) electrons. The van der Waals surface area contributed by atoms with E-state index in [-0.39, 0.29) is 0 Å². The fraction of sp³-hybridized carbons (Fsp3) is 0.571. The molecule has 3 N–H and O–H groups in total. The first-order chi connectivity index (χ1) is 9.91. The van der Waals surface area contributed by atoms with E-state index in [2.05, 4.69) is 20.6 Å². The number of thiophene rings is 1. The Bertz CT molecular complexity index is 596. The van der Waals surface area contributed by atoms with Gasteiger partial charge in [-0.1, -0.05) is 0 Å². The number of aliphatic hydroxyl groups is 1. The minimum absolute atomic E-state index is 0.429. The summed E-state index contributed by atoms with van der Waals surface area (Å²) in [5, 5.41) is 19.8. The van der Waals surface area contributed by atoms with Gasteiger partial charge in [-0.25, -0.2) is 4.98 Å². The number of fused-ring (bicyclic) bond motifs is 1. The average Bonchev–Trinajstić information content (AvgIpc) is 2.83. The van der Waals surface area contributed by atoms with E-state index in [0.29, 0.717) is 19.0 Å². The van der Waals surface area contributed by atoms with Crippen LogP contribution in [-0.2, 0) is 0 Å². The van der Waals surface area contributed by atoms with Crippen LogP contribution in [0.3, 0.4) is 0 Å². The minimum atomic E-state index is -0.824. The van der Waals surface area contributed by atoms with Crippen molar-refractivity contribution in [3.8, 4) is 0 Å². The number of nitrogens with zero attached hydrogens (tertiary/aromatic N) is 3. The Morgan fingerprint density at radius 3 is 2.76 bits per heavy atom. The lowest BCUT2D eigenvalue weighted by Crippen LogP contribution is -2.43. The topological polar surface area (TPSA) is 73.3 Å². The van der Waals surface area contributed by atoms with Gasteiger partial charge in [0, 0.05) is 19.6 Å². The Kier molecular flexibility index (Phi) is 4.97. The fourth-order valence-electron chi connectivity index (χ4n) is 2.24. The second-order valence-electron chi connectivity index (χ2n) is 5.65. The molecule has 0 aliphatic rings. The summed E-state index contributed by atoms with van der Waals surface area (Å²) in [6, 6.07) is 2.00. The van der Waals surface area contributed by atoms with Crippen LogP contribution < -0.4 is 10.6 Å². The summed E-state index contributed by atoms with van der Waals surface area (Å²) >= 11 is 1.58. The van der Waals surface area contributed by atoms with Crippen molar-refractivity contribution >= 4 is 33.3 Å². The predicted molar refractivity (Wildman–Crippen MR) is 89.2 cm³/mol. The monoisotopic (exact) mass is 309 g/mol. The molecular formula is C14H23N5OS. The van der Waals surface area contributed by atoms with Gasteiger partial charge in [-0.15, -0.1) is 11.3 Å². The summed E-state index contributed by atoms with van der Waals surface area (Å²) in [5.41, 5.74) is -0.824. The molecule has 0 saturated heterocycles. The van der Waals surface area contributed by atoms with Crippen LogP contribution >= 0.6 is 11.3 Å². The molecule has 2 aromatic rings. The van der Waals surface area contributed by atoms with Crippen molar-refractivity contribution < 1.29 is 5.11 Å². The molecule has 0 aromatic carbocycles. The Morgan fingerprint density at radius 2 is 2.10 bits per heavy atom. The molecule has 7 heteroatoms. The molecule has 21 heavy (non-hydrogen) atoms. The summed E-state index contributed by atoms with van der Waals surface area (Å²) in [5.74, 6) is 1.37. The van der Waals surface area contributed by atoms with Crippen molar-refractivity contribution in [2.75, 3.05) is 44.4 Å². The van der Waals surface area contributed by atoms with E-state index in [1.807, 2.05) is 44.3 Å². The second-order valence-corrected chi connectivity index (χ2v) is 6.55. The standard InChI is InChI=1S/C14H23N5OS/c1-5-15-13-17-11(10-6-7-21-12(10)18-13)16-8-14(2,20)9-19(3)4/h6-7,20H,5,8-9H2,1-4H3,(H2,15,16,17,18). The van der Waals surface area contributed by atoms with Crippen molar-refractivity contribution in [1.29, 1.82) is 0 Å². The maximum atomic E-state index is 10.4. The highest BCUT2D eigenvalue weighted by Gasteiger charge is 2.22. The van der Waals surface area contributed by atoms with Crippen molar-refractivity contribution in [3.63, 3.8) is 0 Å². The Balaban J connectivity index is 2.18. The van der Waals surface area contributed by atoms with Crippen LogP contribution in [0.25, 0.3) is 10.2 Å². The highest BCUT2D eigenvalue weighted by atomic mass is 32.1. The first kappa shape index (κ1) is 15.9. The molecule has 1 atom stereocenters. The molecule has 2 heterocycles. The average molecular weight is 309 g/mol. The zero-order chi connectivity index (χ0) is 15.5. The van der Waals surface area contributed by atoms with E-state index in [9.17, 15) is 5.11 Å². The normalized spacial score (nSPS) is 14.4. The lowest BCUT2D eigenvalue weighted by molar-refractivity contribution is 0.0459. The maximum absolute atomic E-state index is 10.4. The lowest BCUT2D eigenvalue weighted by Gasteiger charge is -2.27. The Labute approximate surface area is 129 Å². The molecule has 116 valence electrons. The lowest BCUT2D eigenvalue weighted by atomic mass is 10.1. The zero-order valence-electron chi connectivity index (χ0n) is 13.0. The highest BCUT2D eigenvalue weighted by molar-refractivity contribution is 7.16. The van der Waals surface area contributed by atoms with Crippen LogP contribution in [0.5, 0.6) is 0 Å². The fourth-order valence-corrected chi connectivity index (χ4v) is 3.00. The number of nitrogens with one attached hydrogen (secondary N) is 2. The van der Waals surface area contributed by atoms with E-state index in [1.165, 1.54) is 0 Å². The molecule has 0 aliphatic carbocycles. The van der Waals surface area contributed by atoms with Gasteiger partial charge in [0.05, 0.1) is 11.0 Å². The number of hydrogen-bond donors (Lipinski definition) is 3. The summed E-state index contributed by atoms with van der Waals surface area (Å²) in [6.07, 6.45) is 0. The van der Waals surface area contributed by atoms with Gasteiger partial charge in [-0.05, 0) is 39.4 Å². The van der Waals surface area contributed by atoms with Gasteiger partial charge in [0.1, 0.15) is 10.6 Å². The summed E-state index contributed by atoms with van der Waals surface area (Å²) in [6.45, 7) is 5.61. The zero-order valence-corrected chi connectivity index (χ0v) is 13.8. The van der Waals surface area contributed by atoms with Gasteiger partial charge >= 0.3 is 0 Å². The van der Waals surface area contributed by atoms with Crippen LogP contribution in [0.2, 0.25) is 0 Å². The first-order valence-corrected chi connectivity index (χ1v) is 7.89. The van der Waals surface area contributed by atoms with Crippen LogP contribution in [0.4, 0.5) is 11.8 Å². The molecule has 0 spiro atoms. The van der Waals surface area contributed by atoms with Gasteiger partial charge in [0.2, 0.25) is 5.95 Å². The third kappa shape index (κ3) is 4.26. The van der Waals surface area contributed by atoms with Crippen molar-refractivity contribution in [3.05, 3.63) is 11.4 Å². The molecule has 6 nitrogen and oxygen atoms in total. The van der Waals surface area contributed by atoms with Gasteiger partial charge < -0.3 is 20.6 Å². The van der Waals surface area contributed by atoms with Crippen molar-refractivity contribution in [1.82, 2.24) is 14.9 Å². The number of hydrogen-bond acceptors (Lipinski definition) is 7. The Hall–Kier alpha value is -1.44. The quantitative estimate of drug-likeness (QED) is 0.725. The van der Waals surface area contributed by atoms with E-state index >= 15 is 0 Å². The molecule has 2 rings (SSSR count). The SMILES string of the molecule is CCNc1nc(NCC(C)(O)CN(C)C)c2ccsc2n1. The van der Waals surface area contributed by atoms with Crippen molar-refractivity contribution in [2.24, 2.45) is 0 Å². The third-order valence-corrected chi connectivity index (χ3v) is 3.76. The smallest absolute Gasteiger partial charge is 0.226 e. The molecule has 0 aliphatic heterocycles. The molecule has 1 unspecified atom stereocenters. The van der Waals surface area contributed by atoms with Gasteiger partial charge in [-0.3, -0.25) is 0 Å². The van der Waals surface area contributed by atoms with Crippen LogP contribution in [0.1, 0.15) is 13.8 Å². The number of aromatic nitrogens is 2. The molecule has 0 amide bonds. The highest BCUT2D eigenvalue weighted by Crippen LogP contribution is 2.26. The van der Waals surface area contributed by atoms with E-state index in [1.54, 1.807) is 11.3 Å². The molecular weight excluding hydrogens is 286 g/mol. The van der Waals surface area contributed by atoms with Crippen LogP contribution in [0, 0.1) is 0 Å². The number of likely N-dealkylation sites (N-methyl/N-ethyl adjacent to an activating group) is 1. The largest absolute Gasteiger partial charge is 0.387 e. The maximum Gasteiger partial charge on any atom is 0.226 e. The second kappa shape index (κ2) is 6.55. The third-order valence-electron chi connectivity index (χ3n) is 2.95. The predicted octanol–water partition coefficient (Wildman–Crippen LogP) is 1.85. The van der Waals surface area contributed by atoms with Gasteiger partial charge in [0.25, 0.3) is 0 Å². The summed E-state index contributed by atoms with van der Waals surface area (Å²) in [7, 11) is 3.89. The Morgan fingerprint density at radius 1 is 1.33 bits per heavy atom. The summed E-state index contributed by atoms with van der Waals surface area (Å²) < 4.78 is 0. The van der Waals surface area contributed by atoms with E-state index in [4.69, 9.17) is 0 Å². The molecule has 0 bridgehead atoms. The van der Waals surface area contributed by atoms with E-state index in [0.717, 1.165) is 22.6 Å². The molecule has 2 aromatic heterocycles. The minimum Gasteiger partial charge on any atom is -0.387 e.